The Labute approximate surface area is 122 Å². The molecule has 7 heteroatoms. The summed E-state index contributed by atoms with van der Waals surface area (Å²) in [4.78, 5) is 29.5. The van der Waals surface area contributed by atoms with Gasteiger partial charge in [-0.15, -0.1) is 0 Å². The molecule has 0 aliphatic heterocycles. The Morgan fingerprint density at radius 3 is 2.95 bits per heavy atom. The summed E-state index contributed by atoms with van der Waals surface area (Å²) in [6.45, 7) is 0.522. The van der Waals surface area contributed by atoms with Gasteiger partial charge in [-0.05, 0) is 25.7 Å². The summed E-state index contributed by atoms with van der Waals surface area (Å²) in [6, 6.07) is -1.43. The van der Waals surface area contributed by atoms with Crippen LogP contribution in [-0.2, 0) is 11.2 Å². The molecule has 0 unspecified atom stereocenters. The minimum absolute atomic E-state index is 0.175. The van der Waals surface area contributed by atoms with Crippen molar-refractivity contribution in [1.29, 1.82) is 0 Å². The van der Waals surface area contributed by atoms with Crippen LogP contribution in [0.1, 0.15) is 31.4 Å². The van der Waals surface area contributed by atoms with Gasteiger partial charge in [-0.2, -0.15) is 0 Å². The maximum Gasteiger partial charge on any atom is 0.326 e. The first-order valence-corrected chi connectivity index (χ1v) is 7.07. The molecule has 7 nitrogen and oxygen atoms in total. The quantitative estimate of drug-likeness (QED) is 0.566. The van der Waals surface area contributed by atoms with Crippen molar-refractivity contribution in [2.45, 2.75) is 38.1 Å². The third-order valence-electron chi connectivity index (χ3n) is 3.45. The molecule has 1 aliphatic rings. The SMILES string of the molecule is O=C(NCCC1=CCCC1)N[C@H](Cc1cnc[nH]1)C(=O)O. The number of nitrogens with one attached hydrogen (secondary N) is 3. The molecule has 0 bridgehead atoms. The second-order valence-electron chi connectivity index (χ2n) is 5.08. The normalized spacial score (nSPS) is 15.3. The average Bonchev–Trinajstić information content (AvgIpc) is 3.10. The maximum absolute atomic E-state index is 11.7. The van der Waals surface area contributed by atoms with E-state index < -0.39 is 18.0 Å². The molecule has 0 spiro atoms. The minimum Gasteiger partial charge on any atom is -0.480 e. The standard InChI is InChI=1S/C14H20N4O3/c19-13(20)12(7-11-8-15-9-17-11)18-14(21)16-6-5-10-3-1-2-4-10/h3,8-9,12H,1-2,4-7H2,(H,15,17)(H,19,20)(H2,16,18,21)/t12-/m1/s1. The van der Waals surface area contributed by atoms with Crippen molar-refractivity contribution >= 4 is 12.0 Å². The number of H-pyrrole nitrogens is 1. The number of aromatic amines is 1. The van der Waals surface area contributed by atoms with E-state index in [1.165, 1.54) is 18.3 Å². The lowest BCUT2D eigenvalue weighted by Gasteiger charge is -2.14. The highest BCUT2D eigenvalue weighted by molar-refractivity contribution is 5.82. The van der Waals surface area contributed by atoms with Gasteiger partial charge in [0, 0.05) is 24.9 Å². The highest BCUT2D eigenvalue weighted by Crippen LogP contribution is 2.19. The number of aliphatic carboxylic acids is 1. The number of hydrogen-bond donors (Lipinski definition) is 4. The fourth-order valence-electron chi connectivity index (χ4n) is 2.33. The first-order valence-electron chi connectivity index (χ1n) is 7.07. The van der Waals surface area contributed by atoms with E-state index in [1.807, 2.05) is 0 Å². The van der Waals surface area contributed by atoms with Crippen LogP contribution in [0.2, 0.25) is 0 Å². The monoisotopic (exact) mass is 292 g/mol. The summed E-state index contributed by atoms with van der Waals surface area (Å²) in [6.07, 6.45) is 9.63. The van der Waals surface area contributed by atoms with Gasteiger partial charge in [-0.3, -0.25) is 0 Å². The Hall–Kier alpha value is -2.31. The molecule has 0 radical (unpaired) electrons. The topological polar surface area (TPSA) is 107 Å². The molecule has 2 amide bonds. The van der Waals surface area contributed by atoms with Crippen LogP contribution in [0.4, 0.5) is 4.79 Å². The van der Waals surface area contributed by atoms with E-state index in [1.54, 1.807) is 6.20 Å². The van der Waals surface area contributed by atoms with Gasteiger partial charge < -0.3 is 20.7 Å². The molecule has 1 atom stereocenters. The largest absolute Gasteiger partial charge is 0.480 e. The number of urea groups is 1. The van der Waals surface area contributed by atoms with Gasteiger partial charge in [-0.1, -0.05) is 11.6 Å². The van der Waals surface area contributed by atoms with Crippen LogP contribution in [0.15, 0.2) is 24.2 Å². The smallest absolute Gasteiger partial charge is 0.326 e. The zero-order chi connectivity index (χ0) is 15.1. The molecular formula is C14H20N4O3. The number of amides is 2. The van der Waals surface area contributed by atoms with E-state index in [0.717, 1.165) is 19.3 Å². The Morgan fingerprint density at radius 1 is 1.48 bits per heavy atom. The Morgan fingerprint density at radius 2 is 2.33 bits per heavy atom. The van der Waals surface area contributed by atoms with Gasteiger partial charge >= 0.3 is 12.0 Å². The first-order chi connectivity index (χ1) is 10.1. The number of nitrogens with zero attached hydrogens (tertiary/aromatic N) is 1. The van der Waals surface area contributed by atoms with Gasteiger partial charge in [0.05, 0.1) is 6.33 Å². The molecular weight excluding hydrogens is 272 g/mol. The minimum atomic E-state index is -1.07. The van der Waals surface area contributed by atoms with Crippen LogP contribution in [0.5, 0.6) is 0 Å². The van der Waals surface area contributed by atoms with Crippen LogP contribution in [0, 0.1) is 0 Å². The van der Waals surface area contributed by atoms with Gasteiger partial charge in [0.25, 0.3) is 0 Å². The highest BCUT2D eigenvalue weighted by Gasteiger charge is 2.20. The maximum atomic E-state index is 11.7. The lowest BCUT2D eigenvalue weighted by atomic mass is 10.1. The molecule has 0 saturated carbocycles. The van der Waals surface area contributed by atoms with E-state index in [9.17, 15) is 9.59 Å². The number of rotatable bonds is 7. The lowest BCUT2D eigenvalue weighted by Crippen LogP contribution is -2.47. The van der Waals surface area contributed by atoms with Crippen molar-refractivity contribution in [3.05, 3.63) is 29.9 Å². The number of allylic oxidation sites excluding steroid dienone is 1. The summed E-state index contributed by atoms with van der Waals surface area (Å²) in [5.41, 5.74) is 2.03. The molecule has 0 aromatic carbocycles. The molecule has 1 aromatic heterocycles. The Kier molecular flexibility index (Phi) is 5.36. The fourth-order valence-corrected chi connectivity index (χ4v) is 2.33. The predicted octanol–water partition coefficient (Wildman–Crippen LogP) is 1.21. The number of hydrogen-bond acceptors (Lipinski definition) is 3. The third-order valence-corrected chi connectivity index (χ3v) is 3.45. The van der Waals surface area contributed by atoms with Crippen molar-refractivity contribution < 1.29 is 14.7 Å². The van der Waals surface area contributed by atoms with E-state index in [2.05, 4.69) is 26.7 Å². The fraction of sp³-hybridized carbons (Fsp3) is 0.500. The third kappa shape index (κ3) is 4.94. The Bertz CT molecular complexity index is 510. The van der Waals surface area contributed by atoms with Crippen molar-refractivity contribution in [2.24, 2.45) is 0 Å². The highest BCUT2D eigenvalue weighted by atomic mass is 16.4. The zero-order valence-corrected chi connectivity index (χ0v) is 11.8. The van der Waals surface area contributed by atoms with Crippen LogP contribution < -0.4 is 10.6 Å². The van der Waals surface area contributed by atoms with E-state index in [4.69, 9.17) is 5.11 Å². The zero-order valence-electron chi connectivity index (χ0n) is 11.8. The van der Waals surface area contributed by atoms with Crippen molar-refractivity contribution in [3.63, 3.8) is 0 Å². The van der Waals surface area contributed by atoms with Gasteiger partial charge in [0.1, 0.15) is 6.04 Å². The summed E-state index contributed by atoms with van der Waals surface area (Å²) >= 11 is 0. The molecule has 4 N–H and O–H groups in total. The van der Waals surface area contributed by atoms with Crippen LogP contribution in [-0.4, -0.2) is 39.7 Å². The number of carbonyl (C=O) groups excluding carboxylic acids is 1. The van der Waals surface area contributed by atoms with Gasteiger partial charge in [0.15, 0.2) is 0 Å². The number of carbonyl (C=O) groups is 2. The van der Waals surface area contributed by atoms with E-state index >= 15 is 0 Å². The molecule has 1 aromatic rings. The summed E-state index contributed by atoms with van der Waals surface area (Å²) in [5.74, 6) is -1.07. The van der Waals surface area contributed by atoms with Crippen molar-refractivity contribution in [2.75, 3.05) is 6.54 Å². The van der Waals surface area contributed by atoms with Crippen molar-refractivity contribution in [1.82, 2.24) is 20.6 Å². The summed E-state index contributed by atoms with van der Waals surface area (Å²) in [7, 11) is 0. The molecule has 2 rings (SSSR count). The number of aromatic nitrogens is 2. The van der Waals surface area contributed by atoms with Gasteiger partial charge in [0.2, 0.25) is 0 Å². The first kappa shape index (κ1) is 15.1. The van der Waals surface area contributed by atoms with E-state index in [0.29, 0.717) is 12.2 Å². The van der Waals surface area contributed by atoms with Crippen LogP contribution >= 0.6 is 0 Å². The van der Waals surface area contributed by atoms with E-state index in [-0.39, 0.29) is 6.42 Å². The predicted molar refractivity (Wildman–Crippen MR) is 76.8 cm³/mol. The number of carboxylic acid groups (broad SMARTS) is 1. The second-order valence-corrected chi connectivity index (χ2v) is 5.08. The molecule has 1 aliphatic carbocycles. The van der Waals surface area contributed by atoms with Crippen LogP contribution in [0.3, 0.4) is 0 Å². The number of carboxylic acids is 1. The summed E-state index contributed by atoms with van der Waals surface area (Å²) < 4.78 is 0. The molecule has 0 saturated heterocycles. The average molecular weight is 292 g/mol. The van der Waals surface area contributed by atoms with Gasteiger partial charge in [-0.25, -0.2) is 14.6 Å². The molecule has 21 heavy (non-hydrogen) atoms. The molecule has 0 fully saturated rings. The lowest BCUT2D eigenvalue weighted by molar-refractivity contribution is -0.139. The summed E-state index contributed by atoms with van der Waals surface area (Å²) in [5, 5.41) is 14.3. The second kappa shape index (κ2) is 7.47. The van der Waals surface area contributed by atoms with Crippen LogP contribution in [0.25, 0.3) is 0 Å². The number of imidazole rings is 1. The Balaban J connectivity index is 1.74. The molecule has 1 heterocycles. The van der Waals surface area contributed by atoms with Crippen molar-refractivity contribution in [3.8, 4) is 0 Å². The molecule has 114 valence electrons.